The molecular weight excluding hydrogens is 629 g/mol. The number of nitrogens with zero attached hydrogens (tertiary/aromatic N) is 4. The quantitative estimate of drug-likeness (QED) is 0.340. The van der Waals surface area contributed by atoms with Crippen LogP contribution in [0.1, 0.15) is 60.8 Å². The monoisotopic (exact) mass is 671 g/mol. The predicted molar refractivity (Wildman–Crippen MR) is 167 cm³/mol. The minimum absolute atomic E-state index is 0.0133. The summed E-state index contributed by atoms with van der Waals surface area (Å²) in [6, 6.07) is 0. The van der Waals surface area contributed by atoms with Crippen molar-refractivity contribution in [2.75, 3.05) is 47.1 Å². The summed E-state index contributed by atoms with van der Waals surface area (Å²) in [5, 5.41) is 0.917. The average Bonchev–Trinajstić information content (AvgIpc) is 3.04. The van der Waals surface area contributed by atoms with E-state index in [4.69, 9.17) is 57.4 Å². The highest BCUT2D eigenvalue weighted by Gasteiger charge is 2.20. The Kier molecular flexibility index (Phi) is 15.3. The number of nitrogens with two attached hydrogens (primary N) is 1. The molecule has 2 aliphatic rings. The largest absolute Gasteiger partial charge is 0.444 e. The lowest BCUT2D eigenvalue weighted by Gasteiger charge is -2.23. The number of rotatable bonds is 10. The molecule has 0 saturated carbocycles. The summed E-state index contributed by atoms with van der Waals surface area (Å²) in [6.07, 6.45) is 9.36. The number of halogens is 2. The van der Waals surface area contributed by atoms with Gasteiger partial charge in [-0.25, -0.2) is 14.6 Å². The summed E-state index contributed by atoms with van der Waals surface area (Å²) in [6.45, 7) is 2.05. The van der Waals surface area contributed by atoms with Crippen molar-refractivity contribution in [3.05, 3.63) is 50.9 Å². The van der Waals surface area contributed by atoms with Crippen LogP contribution in [0.4, 0.5) is 15.4 Å². The van der Waals surface area contributed by atoms with Crippen LogP contribution in [0.2, 0.25) is 10.0 Å². The van der Waals surface area contributed by atoms with Crippen molar-refractivity contribution in [1.29, 1.82) is 0 Å². The van der Waals surface area contributed by atoms with Crippen LogP contribution in [0.15, 0.2) is 18.6 Å². The molecule has 4 rings (SSSR count). The Balaban J connectivity index is 0.000000246. The zero-order chi connectivity index (χ0) is 32.8. The van der Waals surface area contributed by atoms with E-state index in [1.165, 1.54) is 16.0 Å². The molecular formula is C30H43Cl2N5O8. The molecule has 0 aromatic carbocycles. The lowest BCUT2D eigenvalue weighted by molar-refractivity contribution is -0.169. The topological polar surface area (TPSA) is 148 Å². The van der Waals surface area contributed by atoms with E-state index in [1.807, 2.05) is 0 Å². The van der Waals surface area contributed by atoms with Crippen molar-refractivity contribution >= 4 is 41.2 Å². The molecule has 2 saturated heterocycles. The maximum atomic E-state index is 11.6. The normalized spacial score (nSPS) is 17.9. The molecule has 2 aliphatic heterocycles. The van der Waals surface area contributed by atoms with E-state index in [0.717, 1.165) is 56.3 Å². The fourth-order valence-corrected chi connectivity index (χ4v) is 4.70. The van der Waals surface area contributed by atoms with Gasteiger partial charge in [0, 0.05) is 82.2 Å². The van der Waals surface area contributed by atoms with Gasteiger partial charge in [-0.05, 0) is 38.5 Å². The lowest BCUT2D eigenvalue weighted by Crippen LogP contribution is -2.24. The highest BCUT2D eigenvalue weighted by Crippen LogP contribution is 2.27. The van der Waals surface area contributed by atoms with Crippen LogP contribution in [0.5, 0.6) is 0 Å². The van der Waals surface area contributed by atoms with Gasteiger partial charge in [0.25, 0.3) is 0 Å². The fraction of sp³-hybridized carbons (Fsp3) is 0.600. The molecule has 2 aromatic heterocycles. The smallest absolute Gasteiger partial charge is 0.409 e. The molecule has 45 heavy (non-hydrogen) atoms. The van der Waals surface area contributed by atoms with Crippen LogP contribution in [-0.4, -0.2) is 85.9 Å². The third-order valence-electron chi connectivity index (χ3n) is 6.90. The zero-order valence-corrected chi connectivity index (χ0v) is 27.8. The lowest BCUT2D eigenvalue weighted by atomic mass is 10.1. The van der Waals surface area contributed by atoms with E-state index >= 15 is 0 Å². The Bertz CT molecular complexity index is 1240. The summed E-state index contributed by atoms with van der Waals surface area (Å²) < 4.78 is 32.9. The van der Waals surface area contributed by atoms with Crippen LogP contribution in [-0.2, 0) is 54.8 Å². The predicted octanol–water partition coefficient (Wildman–Crippen LogP) is 5.54. The van der Waals surface area contributed by atoms with Gasteiger partial charge in [0.1, 0.15) is 19.0 Å². The zero-order valence-electron chi connectivity index (χ0n) is 26.3. The third kappa shape index (κ3) is 12.1. The van der Waals surface area contributed by atoms with Crippen molar-refractivity contribution in [3.8, 4) is 0 Å². The van der Waals surface area contributed by atoms with Crippen LogP contribution in [0.25, 0.3) is 0 Å². The summed E-state index contributed by atoms with van der Waals surface area (Å²) in [4.78, 5) is 33.9. The van der Waals surface area contributed by atoms with E-state index in [-0.39, 0.29) is 38.2 Å². The first kappa shape index (κ1) is 36.5. The molecule has 13 nitrogen and oxygen atoms in total. The Morgan fingerprint density at radius 3 is 1.84 bits per heavy atom. The first-order chi connectivity index (χ1) is 21.6. The minimum atomic E-state index is -0.466. The highest BCUT2D eigenvalue weighted by molar-refractivity contribution is 6.31. The van der Waals surface area contributed by atoms with Crippen molar-refractivity contribution in [2.45, 2.75) is 77.5 Å². The molecule has 0 spiro atoms. The highest BCUT2D eigenvalue weighted by atomic mass is 35.5. The Labute approximate surface area is 274 Å². The first-order valence-electron chi connectivity index (χ1n) is 14.7. The number of carbonyl (C=O) groups is 2. The van der Waals surface area contributed by atoms with Crippen LogP contribution < -0.4 is 5.73 Å². The number of aromatic nitrogens is 2. The molecule has 4 heterocycles. The van der Waals surface area contributed by atoms with Gasteiger partial charge in [0.05, 0.1) is 23.3 Å². The summed E-state index contributed by atoms with van der Waals surface area (Å²) in [7, 11) is 6.46. The van der Waals surface area contributed by atoms with Gasteiger partial charge in [0.2, 0.25) is 0 Å². The van der Waals surface area contributed by atoms with Crippen molar-refractivity contribution in [3.63, 3.8) is 0 Å². The molecule has 0 bridgehead atoms. The van der Waals surface area contributed by atoms with Gasteiger partial charge < -0.3 is 44.0 Å². The maximum Gasteiger partial charge on any atom is 0.409 e. The standard InChI is InChI=1S/C15H22ClN3O4.C15H21ClN2O4/c1-19(2)15(20)23-9-11-10(12(16)7-18-14(11)17)8-22-13-5-3-4-6-21-13;1-18(2)15(19)22-9-11-7-17-8-13(16)12(11)10-21-14-5-3-4-6-20-14/h7,13H,3-6,8-9H2,1-2H3,(H2,17,18);7-8,14H,3-6,9-10H2,1-2H3. The van der Waals surface area contributed by atoms with E-state index in [2.05, 4.69) is 9.97 Å². The second-order valence-corrected chi connectivity index (χ2v) is 11.6. The van der Waals surface area contributed by atoms with Gasteiger partial charge in [-0.3, -0.25) is 4.98 Å². The van der Waals surface area contributed by atoms with E-state index < -0.39 is 12.2 Å². The number of carbonyl (C=O) groups excluding carboxylic acids is 2. The number of anilines is 1. The molecule has 2 unspecified atom stereocenters. The number of hydrogen-bond acceptors (Lipinski definition) is 11. The van der Waals surface area contributed by atoms with Crippen LogP contribution in [0, 0.1) is 0 Å². The Morgan fingerprint density at radius 2 is 1.31 bits per heavy atom. The average molecular weight is 673 g/mol. The van der Waals surface area contributed by atoms with E-state index in [1.54, 1.807) is 40.6 Å². The molecule has 0 radical (unpaired) electrons. The number of nitrogen functional groups attached to an aromatic ring is 1. The Hall–Kier alpha value is -2.94. The fourth-order valence-electron chi connectivity index (χ4n) is 4.26. The molecule has 2 N–H and O–H groups in total. The van der Waals surface area contributed by atoms with E-state index in [0.29, 0.717) is 34.4 Å². The Morgan fingerprint density at radius 1 is 0.778 bits per heavy atom. The van der Waals surface area contributed by atoms with Crippen molar-refractivity contribution < 1.29 is 38.0 Å². The summed E-state index contributed by atoms with van der Waals surface area (Å²) >= 11 is 12.4. The van der Waals surface area contributed by atoms with Gasteiger partial charge in [0.15, 0.2) is 12.6 Å². The third-order valence-corrected chi connectivity index (χ3v) is 7.55. The van der Waals surface area contributed by atoms with Crippen molar-refractivity contribution in [1.82, 2.24) is 19.8 Å². The molecule has 2 aromatic rings. The van der Waals surface area contributed by atoms with Crippen LogP contribution in [0.3, 0.4) is 0 Å². The number of hydrogen-bond donors (Lipinski definition) is 1. The first-order valence-corrected chi connectivity index (χ1v) is 15.5. The van der Waals surface area contributed by atoms with E-state index in [9.17, 15) is 9.59 Å². The molecule has 2 fully saturated rings. The number of amides is 2. The maximum absolute atomic E-state index is 11.6. The van der Waals surface area contributed by atoms with Crippen LogP contribution >= 0.6 is 23.2 Å². The van der Waals surface area contributed by atoms with Gasteiger partial charge in [-0.15, -0.1) is 0 Å². The molecule has 0 aliphatic carbocycles. The van der Waals surface area contributed by atoms with Gasteiger partial charge >= 0.3 is 12.2 Å². The second kappa shape index (κ2) is 18.9. The number of pyridine rings is 2. The van der Waals surface area contributed by atoms with Gasteiger partial charge in [-0.1, -0.05) is 23.2 Å². The van der Waals surface area contributed by atoms with Gasteiger partial charge in [-0.2, -0.15) is 0 Å². The summed E-state index contributed by atoms with van der Waals surface area (Å²) in [5.74, 6) is 0.268. The minimum Gasteiger partial charge on any atom is -0.444 e. The molecule has 2 amide bonds. The second-order valence-electron chi connectivity index (χ2n) is 10.8. The molecule has 250 valence electrons. The number of ether oxygens (including phenoxy) is 6. The molecule has 15 heteroatoms. The summed E-state index contributed by atoms with van der Waals surface area (Å²) in [5.41, 5.74) is 8.64. The molecule has 2 atom stereocenters. The van der Waals surface area contributed by atoms with Crippen molar-refractivity contribution in [2.24, 2.45) is 0 Å². The SMILES string of the molecule is CN(C)C(=O)OCc1c(N)ncc(Cl)c1COC1CCCCO1.CN(C)C(=O)OCc1cncc(Cl)c1COC1CCCCO1.